The smallest absolute Gasteiger partial charge is 0.337 e. The summed E-state index contributed by atoms with van der Waals surface area (Å²) in [5, 5.41) is 9.08. The van der Waals surface area contributed by atoms with Gasteiger partial charge in [-0.05, 0) is 24.3 Å². The van der Waals surface area contributed by atoms with Crippen LogP contribution in [-0.2, 0) is 0 Å². The third-order valence-corrected chi connectivity index (χ3v) is 2.97. The van der Waals surface area contributed by atoms with Gasteiger partial charge in [-0.2, -0.15) is 0 Å². The number of para-hydroxylation sites is 1. The number of carbonyl (C=O) groups is 1. The fourth-order valence-electron chi connectivity index (χ4n) is 2.07. The predicted molar refractivity (Wildman–Crippen MR) is 67.9 cm³/mol. The van der Waals surface area contributed by atoms with Crippen molar-refractivity contribution < 1.29 is 18.7 Å². The van der Waals surface area contributed by atoms with Crippen LogP contribution in [-0.4, -0.2) is 20.6 Å². The number of halogens is 2. The van der Waals surface area contributed by atoms with Crippen LogP contribution in [0.5, 0.6) is 0 Å². The van der Waals surface area contributed by atoms with E-state index >= 15 is 0 Å². The van der Waals surface area contributed by atoms with E-state index in [0.717, 1.165) is 18.2 Å². The number of imidazole rings is 1. The number of aromatic carboxylic acids is 1. The highest BCUT2D eigenvalue weighted by molar-refractivity contribution is 6.01. The van der Waals surface area contributed by atoms with Crippen LogP contribution >= 0.6 is 0 Å². The van der Waals surface area contributed by atoms with E-state index in [4.69, 9.17) is 5.11 Å². The summed E-state index contributed by atoms with van der Waals surface area (Å²) in [5.74, 6) is -2.33. The molecular weight excluding hydrogens is 266 g/mol. The minimum Gasteiger partial charge on any atom is -0.478 e. The molecule has 0 saturated heterocycles. The first-order valence-electron chi connectivity index (χ1n) is 5.72. The second-order valence-corrected chi connectivity index (χ2v) is 4.19. The molecule has 3 aromatic rings. The lowest BCUT2D eigenvalue weighted by atomic mass is 10.2. The zero-order valence-corrected chi connectivity index (χ0v) is 10.0. The minimum atomic E-state index is -1.12. The topological polar surface area (TPSA) is 55.1 Å². The van der Waals surface area contributed by atoms with Crippen LogP contribution in [0.25, 0.3) is 16.7 Å². The molecule has 1 aromatic heterocycles. The van der Waals surface area contributed by atoms with Crippen LogP contribution in [0.4, 0.5) is 8.78 Å². The Balaban J connectivity index is 2.31. The molecule has 0 aliphatic carbocycles. The lowest BCUT2D eigenvalue weighted by molar-refractivity contribution is 0.0699. The molecule has 2 aromatic carbocycles. The van der Waals surface area contributed by atoms with Crippen LogP contribution in [0.1, 0.15) is 10.4 Å². The fraction of sp³-hybridized carbons (Fsp3) is 0. The summed E-state index contributed by atoms with van der Waals surface area (Å²) in [5.41, 5.74) is 0.617. The number of nitrogens with zero attached hydrogens (tertiary/aromatic N) is 2. The summed E-state index contributed by atoms with van der Waals surface area (Å²) in [6.07, 6.45) is 1.27. The van der Waals surface area contributed by atoms with Crippen molar-refractivity contribution in [2.24, 2.45) is 0 Å². The van der Waals surface area contributed by atoms with E-state index in [1.54, 1.807) is 6.07 Å². The Bertz CT molecular complexity index is 827. The fourth-order valence-corrected chi connectivity index (χ4v) is 2.07. The van der Waals surface area contributed by atoms with Gasteiger partial charge in [-0.25, -0.2) is 18.6 Å². The van der Waals surface area contributed by atoms with Crippen molar-refractivity contribution in [3.63, 3.8) is 0 Å². The Morgan fingerprint density at radius 1 is 1.20 bits per heavy atom. The van der Waals surface area contributed by atoms with Crippen LogP contribution in [0.15, 0.2) is 42.7 Å². The highest BCUT2D eigenvalue weighted by Gasteiger charge is 2.15. The summed E-state index contributed by atoms with van der Waals surface area (Å²) in [6, 6.07) is 7.59. The van der Waals surface area contributed by atoms with E-state index in [9.17, 15) is 13.6 Å². The molecule has 0 aliphatic rings. The molecule has 6 heteroatoms. The standard InChI is InChI=1S/C14H8F2N2O2/c15-8-4-5-10(16)12(6-8)18-7-17-13-9(14(19)20)2-1-3-11(13)18/h1-7H,(H,19,20). The summed E-state index contributed by atoms with van der Waals surface area (Å²) >= 11 is 0. The predicted octanol–water partition coefficient (Wildman–Crippen LogP) is 3.00. The van der Waals surface area contributed by atoms with Gasteiger partial charge in [0.15, 0.2) is 0 Å². The molecule has 0 saturated carbocycles. The van der Waals surface area contributed by atoms with E-state index < -0.39 is 17.6 Å². The molecule has 100 valence electrons. The van der Waals surface area contributed by atoms with Crippen molar-refractivity contribution in [2.75, 3.05) is 0 Å². The van der Waals surface area contributed by atoms with E-state index in [2.05, 4.69) is 4.98 Å². The van der Waals surface area contributed by atoms with Gasteiger partial charge in [0.05, 0.1) is 16.8 Å². The molecular formula is C14H8F2N2O2. The van der Waals surface area contributed by atoms with Gasteiger partial charge in [0.25, 0.3) is 0 Å². The number of benzene rings is 2. The van der Waals surface area contributed by atoms with Crippen molar-refractivity contribution in [1.82, 2.24) is 9.55 Å². The first-order valence-corrected chi connectivity index (χ1v) is 5.72. The SMILES string of the molecule is O=C(O)c1cccc2c1ncn2-c1cc(F)ccc1F. The van der Waals surface area contributed by atoms with Gasteiger partial charge in [0.2, 0.25) is 0 Å². The summed E-state index contributed by atoms with van der Waals surface area (Å²) in [7, 11) is 0. The van der Waals surface area contributed by atoms with Crippen molar-refractivity contribution in [1.29, 1.82) is 0 Å². The van der Waals surface area contributed by atoms with Crippen molar-refractivity contribution >= 4 is 17.0 Å². The molecule has 0 aliphatic heterocycles. The third kappa shape index (κ3) is 1.82. The second kappa shape index (κ2) is 4.41. The normalized spacial score (nSPS) is 10.9. The Hall–Kier alpha value is -2.76. The number of hydrogen-bond donors (Lipinski definition) is 1. The lowest BCUT2D eigenvalue weighted by Gasteiger charge is -2.06. The number of hydrogen-bond acceptors (Lipinski definition) is 2. The van der Waals surface area contributed by atoms with Gasteiger partial charge in [-0.3, -0.25) is 4.57 Å². The Kier molecular flexibility index (Phi) is 2.71. The first-order chi connectivity index (χ1) is 9.58. The Morgan fingerprint density at radius 2 is 2.00 bits per heavy atom. The molecule has 0 spiro atoms. The maximum atomic E-state index is 13.8. The van der Waals surface area contributed by atoms with E-state index in [1.807, 2.05) is 0 Å². The minimum absolute atomic E-state index is 0.0121. The molecule has 0 unspecified atom stereocenters. The molecule has 0 bridgehead atoms. The van der Waals surface area contributed by atoms with Crippen LogP contribution < -0.4 is 0 Å². The number of carboxylic acids is 1. The number of carboxylic acid groups (broad SMARTS) is 1. The van der Waals surface area contributed by atoms with E-state index in [1.165, 1.54) is 23.0 Å². The zero-order chi connectivity index (χ0) is 14.3. The van der Waals surface area contributed by atoms with Crippen LogP contribution in [0.2, 0.25) is 0 Å². The average molecular weight is 274 g/mol. The van der Waals surface area contributed by atoms with Gasteiger partial charge in [-0.15, -0.1) is 0 Å². The highest BCUT2D eigenvalue weighted by Crippen LogP contribution is 2.23. The van der Waals surface area contributed by atoms with Gasteiger partial charge < -0.3 is 5.11 Å². The summed E-state index contributed by atoms with van der Waals surface area (Å²) < 4.78 is 28.4. The second-order valence-electron chi connectivity index (χ2n) is 4.19. The molecule has 3 rings (SSSR count). The molecule has 20 heavy (non-hydrogen) atoms. The molecule has 0 amide bonds. The van der Waals surface area contributed by atoms with Crippen molar-refractivity contribution in [3.05, 3.63) is 59.9 Å². The number of rotatable bonds is 2. The molecule has 1 N–H and O–H groups in total. The van der Waals surface area contributed by atoms with Crippen molar-refractivity contribution in [3.8, 4) is 5.69 Å². The first kappa shape index (κ1) is 12.3. The van der Waals surface area contributed by atoms with Crippen molar-refractivity contribution in [2.45, 2.75) is 0 Å². The third-order valence-electron chi connectivity index (χ3n) is 2.97. The van der Waals surface area contributed by atoms with Gasteiger partial charge in [0.1, 0.15) is 23.5 Å². The highest BCUT2D eigenvalue weighted by atomic mass is 19.1. The largest absolute Gasteiger partial charge is 0.478 e. The average Bonchev–Trinajstić information content (AvgIpc) is 2.85. The van der Waals surface area contributed by atoms with Gasteiger partial charge in [-0.1, -0.05) is 6.07 Å². The Labute approximate surface area is 111 Å². The quantitative estimate of drug-likeness (QED) is 0.781. The number of aromatic nitrogens is 2. The maximum Gasteiger partial charge on any atom is 0.337 e. The summed E-state index contributed by atoms with van der Waals surface area (Å²) in [4.78, 5) is 15.1. The summed E-state index contributed by atoms with van der Waals surface area (Å²) in [6.45, 7) is 0. The Morgan fingerprint density at radius 3 is 2.75 bits per heavy atom. The van der Waals surface area contributed by atoms with Gasteiger partial charge in [0, 0.05) is 6.07 Å². The maximum absolute atomic E-state index is 13.8. The molecule has 0 radical (unpaired) electrons. The molecule has 0 fully saturated rings. The van der Waals surface area contributed by atoms with E-state index in [0.29, 0.717) is 5.52 Å². The lowest BCUT2D eigenvalue weighted by Crippen LogP contribution is -1.99. The monoisotopic (exact) mass is 274 g/mol. The van der Waals surface area contributed by atoms with Gasteiger partial charge >= 0.3 is 5.97 Å². The number of fused-ring (bicyclic) bond motifs is 1. The zero-order valence-electron chi connectivity index (χ0n) is 10.0. The van der Waals surface area contributed by atoms with E-state index in [-0.39, 0.29) is 16.8 Å². The van der Waals surface area contributed by atoms with Crippen LogP contribution in [0.3, 0.4) is 0 Å². The molecule has 1 heterocycles. The molecule has 4 nitrogen and oxygen atoms in total. The van der Waals surface area contributed by atoms with Crippen LogP contribution in [0, 0.1) is 11.6 Å². The molecule has 0 atom stereocenters.